The first-order valence-electron chi connectivity index (χ1n) is 8.51. The van der Waals surface area contributed by atoms with Crippen LogP contribution in [0.4, 0.5) is 5.69 Å². The lowest BCUT2D eigenvalue weighted by molar-refractivity contribution is -0.112. The lowest BCUT2D eigenvalue weighted by Gasteiger charge is -2.13. The normalized spacial score (nSPS) is 10.5. The molecule has 0 spiro atoms. The van der Waals surface area contributed by atoms with Crippen molar-refractivity contribution in [3.63, 3.8) is 0 Å². The Bertz CT molecular complexity index is 984. The van der Waals surface area contributed by atoms with Crippen molar-refractivity contribution in [3.8, 4) is 29.9 Å². The maximum atomic E-state index is 12.5. The number of nitrogens with zero attached hydrogens (tertiary/aromatic N) is 1. The van der Waals surface area contributed by atoms with E-state index >= 15 is 0 Å². The number of carbonyl (C=O) groups is 1. The van der Waals surface area contributed by atoms with Crippen LogP contribution in [0.3, 0.4) is 0 Å². The molecular formula is C22H19ClN2O3. The molecule has 0 unspecified atom stereocenters. The fourth-order valence-electron chi connectivity index (χ4n) is 2.41. The van der Waals surface area contributed by atoms with Crippen LogP contribution in [0.25, 0.3) is 6.08 Å². The van der Waals surface area contributed by atoms with E-state index in [2.05, 4.69) is 11.2 Å². The first-order valence-corrected chi connectivity index (χ1v) is 8.89. The van der Waals surface area contributed by atoms with Gasteiger partial charge < -0.3 is 14.8 Å². The van der Waals surface area contributed by atoms with Gasteiger partial charge in [0.1, 0.15) is 18.2 Å². The number of hydrogen-bond acceptors (Lipinski definition) is 4. The summed E-state index contributed by atoms with van der Waals surface area (Å²) in [6, 6.07) is 12.4. The number of aryl methyl sites for hydroxylation is 1. The van der Waals surface area contributed by atoms with Crippen molar-refractivity contribution < 1.29 is 14.3 Å². The van der Waals surface area contributed by atoms with Gasteiger partial charge in [0.15, 0.2) is 11.5 Å². The van der Waals surface area contributed by atoms with Crippen LogP contribution < -0.4 is 14.8 Å². The van der Waals surface area contributed by atoms with Gasteiger partial charge in [0.25, 0.3) is 5.91 Å². The molecule has 0 aliphatic carbocycles. The highest BCUT2D eigenvalue weighted by Gasteiger charge is 2.15. The highest BCUT2D eigenvalue weighted by Crippen LogP contribution is 2.37. The molecule has 0 bridgehead atoms. The second kappa shape index (κ2) is 10.1. The number of benzene rings is 2. The Morgan fingerprint density at radius 2 is 2.07 bits per heavy atom. The minimum atomic E-state index is -0.515. The Kier molecular flexibility index (Phi) is 7.51. The Morgan fingerprint density at radius 3 is 2.71 bits per heavy atom. The molecular weight excluding hydrogens is 376 g/mol. The molecule has 28 heavy (non-hydrogen) atoms. The summed E-state index contributed by atoms with van der Waals surface area (Å²) in [5.74, 6) is 2.56. The highest BCUT2D eigenvalue weighted by atomic mass is 35.5. The van der Waals surface area contributed by atoms with Crippen LogP contribution in [0, 0.1) is 30.6 Å². The molecule has 0 saturated heterocycles. The van der Waals surface area contributed by atoms with Gasteiger partial charge in [0.05, 0.1) is 11.6 Å². The van der Waals surface area contributed by atoms with E-state index in [0.717, 1.165) is 5.56 Å². The third-order valence-corrected chi connectivity index (χ3v) is 3.98. The van der Waals surface area contributed by atoms with Crippen LogP contribution in [0.5, 0.6) is 11.5 Å². The number of anilines is 1. The van der Waals surface area contributed by atoms with E-state index in [1.807, 2.05) is 32.0 Å². The summed E-state index contributed by atoms with van der Waals surface area (Å²) < 4.78 is 11.0. The molecule has 1 amide bonds. The maximum absolute atomic E-state index is 12.5. The number of terminal acetylenes is 1. The molecule has 5 nitrogen and oxygen atoms in total. The van der Waals surface area contributed by atoms with Crippen LogP contribution in [0.15, 0.2) is 42.0 Å². The highest BCUT2D eigenvalue weighted by molar-refractivity contribution is 6.32. The first kappa shape index (κ1) is 20.9. The molecule has 2 rings (SSSR count). The van der Waals surface area contributed by atoms with Gasteiger partial charge in [-0.15, -0.1) is 6.42 Å². The molecule has 0 saturated carbocycles. The lowest BCUT2D eigenvalue weighted by Crippen LogP contribution is -2.14. The second-order valence-corrected chi connectivity index (χ2v) is 6.10. The second-order valence-electron chi connectivity index (χ2n) is 5.69. The van der Waals surface area contributed by atoms with Gasteiger partial charge in [-0.25, -0.2) is 0 Å². The fourth-order valence-corrected chi connectivity index (χ4v) is 2.68. The minimum Gasteiger partial charge on any atom is -0.490 e. The number of amides is 1. The predicted octanol–water partition coefficient (Wildman–Crippen LogP) is 4.60. The van der Waals surface area contributed by atoms with Gasteiger partial charge >= 0.3 is 0 Å². The van der Waals surface area contributed by atoms with Gasteiger partial charge in [0.2, 0.25) is 0 Å². The Labute approximate surface area is 169 Å². The number of hydrogen-bond donors (Lipinski definition) is 1. The van der Waals surface area contributed by atoms with Gasteiger partial charge in [0, 0.05) is 5.69 Å². The summed E-state index contributed by atoms with van der Waals surface area (Å²) in [6.45, 7) is 4.11. The molecule has 0 aliphatic rings. The first-order chi connectivity index (χ1) is 13.5. The van der Waals surface area contributed by atoms with E-state index in [-0.39, 0.29) is 17.2 Å². The largest absolute Gasteiger partial charge is 0.490 e. The number of rotatable bonds is 7. The van der Waals surface area contributed by atoms with Crippen molar-refractivity contribution in [2.45, 2.75) is 13.8 Å². The standard InChI is InChI=1S/C22H19ClN2O3/c1-4-10-28-21-18(23)12-16(13-20(21)27-5-2)11-17(14-24)22(26)25-19-9-7-6-8-15(19)3/h1,6-9,11-13H,5,10H2,2-3H3,(H,25,26)/b17-11+. The molecule has 2 aromatic carbocycles. The molecule has 0 heterocycles. The summed E-state index contributed by atoms with van der Waals surface area (Å²) >= 11 is 6.28. The Morgan fingerprint density at radius 1 is 1.32 bits per heavy atom. The van der Waals surface area contributed by atoms with E-state index in [0.29, 0.717) is 29.4 Å². The van der Waals surface area contributed by atoms with E-state index in [9.17, 15) is 10.1 Å². The Balaban J connectivity index is 2.35. The SMILES string of the molecule is C#CCOc1c(Cl)cc(/C=C(\C#N)C(=O)Nc2ccccc2C)cc1OCC. The number of halogens is 1. The summed E-state index contributed by atoms with van der Waals surface area (Å²) in [4.78, 5) is 12.5. The van der Waals surface area contributed by atoms with E-state index in [1.165, 1.54) is 6.08 Å². The fraction of sp³-hybridized carbons (Fsp3) is 0.182. The number of nitriles is 1. The Hall–Kier alpha value is -3.41. The summed E-state index contributed by atoms with van der Waals surface area (Å²) in [5, 5.41) is 12.4. The third kappa shape index (κ3) is 5.30. The number of ether oxygens (including phenoxy) is 2. The van der Waals surface area contributed by atoms with Crippen molar-refractivity contribution >= 4 is 29.3 Å². The van der Waals surface area contributed by atoms with Crippen molar-refractivity contribution in [1.82, 2.24) is 0 Å². The van der Waals surface area contributed by atoms with Crippen LogP contribution >= 0.6 is 11.6 Å². The monoisotopic (exact) mass is 394 g/mol. The van der Waals surface area contributed by atoms with E-state index < -0.39 is 5.91 Å². The van der Waals surface area contributed by atoms with Crippen LogP contribution in [-0.4, -0.2) is 19.1 Å². The van der Waals surface area contributed by atoms with Crippen molar-refractivity contribution in [2.75, 3.05) is 18.5 Å². The predicted molar refractivity (Wildman–Crippen MR) is 110 cm³/mol. The lowest BCUT2D eigenvalue weighted by atomic mass is 10.1. The number of carbonyl (C=O) groups excluding carboxylic acids is 1. The molecule has 0 aliphatic heterocycles. The average Bonchev–Trinajstić information content (AvgIpc) is 2.67. The smallest absolute Gasteiger partial charge is 0.266 e. The van der Waals surface area contributed by atoms with Gasteiger partial charge in [-0.2, -0.15) is 5.26 Å². The average molecular weight is 395 g/mol. The quantitative estimate of drug-likeness (QED) is 0.423. The molecule has 0 aromatic heterocycles. The molecule has 0 atom stereocenters. The molecule has 0 radical (unpaired) electrons. The van der Waals surface area contributed by atoms with Gasteiger partial charge in [-0.1, -0.05) is 35.7 Å². The zero-order valence-corrected chi connectivity index (χ0v) is 16.3. The number of para-hydroxylation sites is 1. The van der Waals surface area contributed by atoms with Crippen LogP contribution in [-0.2, 0) is 4.79 Å². The zero-order chi connectivity index (χ0) is 20.5. The molecule has 2 aromatic rings. The summed E-state index contributed by atoms with van der Waals surface area (Å²) in [5.41, 5.74) is 1.99. The van der Waals surface area contributed by atoms with Crippen molar-refractivity contribution in [2.24, 2.45) is 0 Å². The van der Waals surface area contributed by atoms with Gasteiger partial charge in [-0.3, -0.25) is 4.79 Å². The van der Waals surface area contributed by atoms with Crippen LogP contribution in [0.2, 0.25) is 5.02 Å². The van der Waals surface area contributed by atoms with Crippen molar-refractivity contribution in [3.05, 3.63) is 58.1 Å². The topological polar surface area (TPSA) is 71.3 Å². The van der Waals surface area contributed by atoms with E-state index in [4.69, 9.17) is 27.5 Å². The summed E-state index contributed by atoms with van der Waals surface area (Å²) in [7, 11) is 0. The maximum Gasteiger partial charge on any atom is 0.266 e. The molecule has 142 valence electrons. The number of nitrogens with one attached hydrogen (secondary N) is 1. The van der Waals surface area contributed by atoms with Crippen molar-refractivity contribution in [1.29, 1.82) is 5.26 Å². The van der Waals surface area contributed by atoms with E-state index in [1.54, 1.807) is 24.3 Å². The zero-order valence-electron chi connectivity index (χ0n) is 15.6. The molecule has 0 fully saturated rings. The molecule has 1 N–H and O–H groups in total. The minimum absolute atomic E-state index is 0.0389. The summed E-state index contributed by atoms with van der Waals surface area (Å²) in [6.07, 6.45) is 6.66. The van der Waals surface area contributed by atoms with Crippen LogP contribution in [0.1, 0.15) is 18.1 Å². The van der Waals surface area contributed by atoms with Gasteiger partial charge in [-0.05, 0) is 49.2 Å². The third-order valence-electron chi connectivity index (χ3n) is 3.70. The molecule has 6 heteroatoms.